The maximum atomic E-state index is 13.4. The molecule has 2 heterocycles. The quantitative estimate of drug-likeness (QED) is 0.840. The maximum absolute atomic E-state index is 13.4. The second kappa shape index (κ2) is 8.37. The Morgan fingerprint density at radius 1 is 1.03 bits per heavy atom. The van der Waals surface area contributed by atoms with E-state index in [-0.39, 0.29) is 5.91 Å². The molecule has 2 aliphatic heterocycles. The predicted molar refractivity (Wildman–Crippen MR) is 112 cm³/mol. The molecule has 0 bridgehead atoms. The van der Waals surface area contributed by atoms with Crippen molar-refractivity contribution in [1.82, 2.24) is 9.80 Å². The summed E-state index contributed by atoms with van der Waals surface area (Å²) < 4.78 is 0. The first-order chi connectivity index (χ1) is 14.1. The van der Waals surface area contributed by atoms with Crippen molar-refractivity contribution >= 4 is 11.9 Å². The van der Waals surface area contributed by atoms with Gasteiger partial charge in [0.25, 0.3) is 5.91 Å². The van der Waals surface area contributed by atoms with E-state index < -0.39 is 17.9 Å². The topological polar surface area (TPSA) is 60.9 Å². The van der Waals surface area contributed by atoms with Gasteiger partial charge in [-0.2, -0.15) is 0 Å². The second-order valence-corrected chi connectivity index (χ2v) is 8.16. The van der Waals surface area contributed by atoms with Gasteiger partial charge in [0.05, 0.1) is 6.04 Å². The molecule has 0 radical (unpaired) electrons. The van der Waals surface area contributed by atoms with Crippen LogP contribution < -0.4 is 0 Å². The third-order valence-electron chi connectivity index (χ3n) is 6.19. The number of carbonyl (C=O) groups excluding carboxylic acids is 1. The molecular weight excluding hydrogens is 364 g/mol. The normalized spacial score (nSPS) is 22.4. The van der Waals surface area contributed by atoms with Gasteiger partial charge in [0.2, 0.25) is 0 Å². The minimum absolute atomic E-state index is 0.0679. The lowest BCUT2D eigenvalue weighted by molar-refractivity contribution is -0.140. The van der Waals surface area contributed by atoms with Gasteiger partial charge in [0.15, 0.2) is 0 Å². The van der Waals surface area contributed by atoms with Gasteiger partial charge >= 0.3 is 5.97 Å². The van der Waals surface area contributed by atoms with Gasteiger partial charge in [0.1, 0.15) is 5.92 Å². The van der Waals surface area contributed by atoms with Crippen molar-refractivity contribution in [2.24, 2.45) is 0 Å². The average Bonchev–Trinajstić information content (AvgIpc) is 2.73. The summed E-state index contributed by atoms with van der Waals surface area (Å²) in [7, 11) is 0. The molecule has 29 heavy (non-hydrogen) atoms. The number of aliphatic carboxylic acids is 1. The lowest BCUT2D eigenvalue weighted by Gasteiger charge is -2.42. The predicted octanol–water partition coefficient (Wildman–Crippen LogP) is 3.85. The Morgan fingerprint density at radius 2 is 1.79 bits per heavy atom. The number of piperidine rings is 1. The molecule has 152 valence electrons. The minimum Gasteiger partial charge on any atom is -0.481 e. The Balaban J connectivity index is 1.74. The lowest BCUT2D eigenvalue weighted by atomic mass is 9.79. The smallest absolute Gasteiger partial charge is 0.313 e. The number of aryl methyl sites for hydroxylation is 1. The zero-order valence-electron chi connectivity index (χ0n) is 16.9. The monoisotopic (exact) mass is 392 g/mol. The van der Waals surface area contributed by atoms with Gasteiger partial charge in [-0.05, 0) is 50.0 Å². The molecule has 0 unspecified atom stereocenters. The third-order valence-corrected chi connectivity index (χ3v) is 6.19. The van der Waals surface area contributed by atoms with Crippen molar-refractivity contribution in [2.45, 2.75) is 38.1 Å². The van der Waals surface area contributed by atoms with Crippen LogP contribution in [0.1, 0.15) is 58.3 Å². The first-order valence-corrected chi connectivity index (χ1v) is 10.5. The minimum atomic E-state index is -0.889. The summed E-state index contributed by atoms with van der Waals surface area (Å²) in [5, 5.41) is 10.2. The molecule has 0 saturated carbocycles. The Kier molecular flexibility index (Phi) is 5.67. The van der Waals surface area contributed by atoms with Crippen LogP contribution in [0.25, 0.3) is 0 Å². The molecule has 0 aliphatic carbocycles. The van der Waals surface area contributed by atoms with E-state index in [4.69, 9.17) is 0 Å². The lowest BCUT2D eigenvalue weighted by Crippen LogP contribution is -2.48. The molecule has 4 rings (SSSR count). The van der Waals surface area contributed by atoms with E-state index in [0.717, 1.165) is 30.8 Å². The number of fused-ring (bicyclic) bond motifs is 1. The number of nitrogens with zero attached hydrogens (tertiary/aromatic N) is 2. The molecule has 2 aromatic carbocycles. The summed E-state index contributed by atoms with van der Waals surface area (Å²) in [5.74, 6) is -1.73. The Bertz CT molecular complexity index is 905. The fraction of sp³-hybridized carbons (Fsp3) is 0.417. The van der Waals surface area contributed by atoms with Gasteiger partial charge < -0.3 is 14.9 Å². The van der Waals surface area contributed by atoms with Crippen molar-refractivity contribution in [1.29, 1.82) is 0 Å². The van der Waals surface area contributed by atoms with E-state index in [2.05, 4.69) is 4.90 Å². The fourth-order valence-electron chi connectivity index (χ4n) is 4.76. The SMILES string of the molecule is Cc1cccc([C@@H]2[C@@H](C(=O)O)c3ccccc3C(=O)N2CCN2CCCCC2)c1. The van der Waals surface area contributed by atoms with Crippen LogP contribution in [0.15, 0.2) is 48.5 Å². The summed E-state index contributed by atoms with van der Waals surface area (Å²) in [4.78, 5) is 30.0. The van der Waals surface area contributed by atoms with Gasteiger partial charge in [-0.1, -0.05) is 54.4 Å². The molecule has 1 saturated heterocycles. The molecule has 0 aromatic heterocycles. The van der Waals surface area contributed by atoms with Gasteiger partial charge in [-0.25, -0.2) is 0 Å². The second-order valence-electron chi connectivity index (χ2n) is 8.16. The van der Waals surface area contributed by atoms with E-state index in [9.17, 15) is 14.7 Å². The van der Waals surface area contributed by atoms with Crippen LogP contribution in [-0.2, 0) is 4.79 Å². The van der Waals surface area contributed by atoms with Crippen molar-refractivity contribution in [3.05, 3.63) is 70.8 Å². The van der Waals surface area contributed by atoms with Crippen LogP contribution in [0, 0.1) is 6.92 Å². The maximum Gasteiger partial charge on any atom is 0.313 e. The van der Waals surface area contributed by atoms with Crippen LogP contribution in [0.5, 0.6) is 0 Å². The summed E-state index contributed by atoms with van der Waals surface area (Å²) in [6.45, 7) is 5.42. The zero-order chi connectivity index (χ0) is 20.4. The summed E-state index contributed by atoms with van der Waals surface area (Å²) in [6.07, 6.45) is 3.64. The Morgan fingerprint density at radius 3 is 2.52 bits per heavy atom. The molecule has 1 N–H and O–H groups in total. The number of hydrogen-bond acceptors (Lipinski definition) is 3. The number of likely N-dealkylation sites (tertiary alicyclic amines) is 1. The highest BCUT2D eigenvalue weighted by Gasteiger charge is 2.44. The van der Waals surface area contributed by atoms with E-state index in [1.54, 1.807) is 17.0 Å². The molecule has 1 fully saturated rings. The Hall–Kier alpha value is -2.66. The van der Waals surface area contributed by atoms with Crippen LogP contribution in [0.3, 0.4) is 0 Å². The largest absolute Gasteiger partial charge is 0.481 e. The first kappa shape index (κ1) is 19.6. The van der Waals surface area contributed by atoms with Gasteiger partial charge in [0, 0.05) is 18.7 Å². The number of amides is 1. The summed E-state index contributed by atoms with van der Waals surface area (Å²) >= 11 is 0. The highest BCUT2D eigenvalue weighted by Crippen LogP contribution is 2.42. The molecule has 2 aromatic rings. The molecule has 5 nitrogen and oxygen atoms in total. The number of rotatable bonds is 5. The van der Waals surface area contributed by atoms with Crippen molar-refractivity contribution in [2.75, 3.05) is 26.2 Å². The molecule has 1 amide bonds. The average molecular weight is 392 g/mol. The number of carbonyl (C=O) groups is 2. The third kappa shape index (κ3) is 3.92. The molecule has 2 aliphatic rings. The highest BCUT2D eigenvalue weighted by atomic mass is 16.4. The molecule has 0 spiro atoms. The van der Waals surface area contributed by atoms with Crippen molar-refractivity contribution in [3.8, 4) is 0 Å². The van der Waals surface area contributed by atoms with E-state index in [1.165, 1.54) is 19.3 Å². The highest BCUT2D eigenvalue weighted by molar-refractivity contribution is 6.00. The molecule has 2 atom stereocenters. The van der Waals surface area contributed by atoms with Crippen LogP contribution in [0.2, 0.25) is 0 Å². The summed E-state index contributed by atoms with van der Waals surface area (Å²) in [5.41, 5.74) is 3.08. The van der Waals surface area contributed by atoms with Crippen LogP contribution >= 0.6 is 0 Å². The first-order valence-electron chi connectivity index (χ1n) is 10.5. The number of benzene rings is 2. The van der Waals surface area contributed by atoms with Crippen molar-refractivity contribution < 1.29 is 14.7 Å². The van der Waals surface area contributed by atoms with E-state index >= 15 is 0 Å². The van der Waals surface area contributed by atoms with Gasteiger partial charge in [-0.3, -0.25) is 9.59 Å². The summed E-state index contributed by atoms with van der Waals surface area (Å²) in [6, 6.07) is 14.6. The molecule has 5 heteroatoms. The van der Waals surface area contributed by atoms with Crippen LogP contribution in [-0.4, -0.2) is 53.0 Å². The fourth-order valence-corrected chi connectivity index (χ4v) is 4.76. The van der Waals surface area contributed by atoms with Gasteiger partial charge in [-0.15, -0.1) is 0 Å². The van der Waals surface area contributed by atoms with Crippen LogP contribution in [0.4, 0.5) is 0 Å². The number of carboxylic acids is 1. The Labute approximate surface area is 171 Å². The number of hydrogen-bond donors (Lipinski definition) is 1. The zero-order valence-corrected chi connectivity index (χ0v) is 16.9. The standard InChI is InChI=1S/C24H28N2O3/c1-17-8-7-9-18(16-17)22-21(24(28)29)19-10-3-4-11-20(19)23(27)26(22)15-14-25-12-5-2-6-13-25/h3-4,7-11,16,21-22H,2,5-6,12-15H2,1H3,(H,28,29)/t21-,22+/m0/s1. The van der Waals surface area contributed by atoms with E-state index in [0.29, 0.717) is 17.7 Å². The number of carboxylic acid groups (broad SMARTS) is 1. The molecular formula is C24H28N2O3. The van der Waals surface area contributed by atoms with Crippen molar-refractivity contribution in [3.63, 3.8) is 0 Å². The van der Waals surface area contributed by atoms with E-state index in [1.807, 2.05) is 43.3 Å².